The molecule has 0 saturated heterocycles. The van der Waals surface area contributed by atoms with E-state index in [1.165, 1.54) is 0 Å². The number of rotatable bonds is 2. The van der Waals surface area contributed by atoms with Crippen molar-refractivity contribution in [3.8, 4) is 0 Å². The van der Waals surface area contributed by atoms with Gasteiger partial charge in [0.1, 0.15) is 0 Å². The Morgan fingerprint density at radius 3 is 2.54 bits per heavy atom. The standard InChI is InChI=1S/C4H5N.C3H6N4S/c1-2-4-5-3-1;1-2-8-3-4-6-7-5-3/h1-5H;2H2,1H3,(H,4,5,6,7). The van der Waals surface area contributed by atoms with E-state index >= 15 is 0 Å². The second-order valence-corrected chi connectivity index (χ2v) is 3.28. The van der Waals surface area contributed by atoms with E-state index in [9.17, 15) is 0 Å². The molecule has 2 rings (SSSR count). The fourth-order valence-electron chi connectivity index (χ4n) is 0.626. The number of thioether (sulfide) groups is 1. The first-order valence-corrected chi connectivity index (χ1v) is 4.86. The third kappa shape index (κ3) is 4.32. The monoisotopic (exact) mass is 197 g/mol. The van der Waals surface area contributed by atoms with Crippen LogP contribution in [0.1, 0.15) is 6.92 Å². The lowest BCUT2D eigenvalue weighted by Gasteiger charge is -1.82. The van der Waals surface area contributed by atoms with Gasteiger partial charge in [-0.15, -0.1) is 5.10 Å². The van der Waals surface area contributed by atoms with Crippen LogP contribution >= 0.6 is 11.8 Å². The smallest absolute Gasteiger partial charge is 0.206 e. The molecule has 0 fully saturated rings. The van der Waals surface area contributed by atoms with Crippen LogP contribution in [0.2, 0.25) is 0 Å². The van der Waals surface area contributed by atoms with Crippen LogP contribution in [0.25, 0.3) is 0 Å². The van der Waals surface area contributed by atoms with E-state index in [1.807, 2.05) is 31.5 Å². The summed E-state index contributed by atoms with van der Waals surface area (Å²) < 4.78 is 0. The molecule has 0 aliphatic carbocycles. The first-order chi connectivity index (χ1) is 6.43. The second-order valence-electron chi connectivity index (χ2n) is 2.02. The predicted octanol–water partition coefficient (Wildman–Crippen LogP) is 1.33. The second kappa shape index (κ2) is 6.24. The minimum absolute atomic E-state index is 0.785. The molecule has 2 aromatic rings. The quantitative estimate of drug-likeness (QED) is 0.712. The van der Waals surface area contributed by atoms with Gasteiger partial charge in [-0.05, 0) is 28.3 Å². The molecule has 0 aliphatic rings. The minimum Gasteiger partial charge on any atom is -0.368 e. The lowest BCUT2D eigenvalue weighted by atomic mass is 10.7. The predicted molar refractivity (Wildman–Crippen MR) is 51.4 cm³/mol. The number of hydrogen-bond acceptors (Lipinski definition) is 4. The Balaban J connectivity index is 0.000000145. The minimum atomic E-state index is 0.785. The molecule has 6 heteroatoms. The summed E-state index contributed by atoms with van der Waals surface area (Å²) in [5.74, 6) is 0.997. The molecular weight excluding hydrogens is 186 g/mol. The van der Waals surface area contributed by atoms with E-state index in [0.717, 1.165) is 10.9 Å². The van der Waals surface area contributed by atoms with Crippen LogP contribution in [-0.4, -0.2) is 31.4 Å². The molecule has 2 heterocycles. The topological polar surface area (TPSA) is 70.2 Å². The zero-order valence-corrected chi connectivity index (χ0v) is 8.08. The SMILES string of the molecule is CCSc1nnn[nH]1.c1cc[nH]c1. The third-order valence-corrected chi connectivity index (χ3v) is 1.84. The number of tetrazole rings is 1. The Labute approximate surface area is 80.3 Å². The normalized spacial score (nSPS) is 9.00. The Hall–Kier alpha value is -1.30. The highest BCUT2D eigenvalue weighted by Crippen LogP contribution is 2.06. The van der Waals surface area contributed by atoms with Gasteiger partial charge in [-0.3, -0.25) is 0 Å². The van der Waals surface area contributed by atoms with Crippen molar-refractivity contribution in [2.45, 2.75) is 12.1 Å². The van der Waals surface area contributed by atoms with Crippen molar-refractivity contribution < 1.29 is 0 Å². The molecule has 0 amide bonds. The largest absolute Gasteiger partial charge is 0.368 e. The highest BCUT2D eigenvalue weighted by Gasteiger charge is 1.91. The molecule has 5 nitrogen and oxygen atoms in total. The van der Waals surface area contributed by atoms with Crippen molar-refractivity contribution in [2.24, 2.45) is 0 Å². The zero-order chi connectivity index (χ0) is 9.36. The molecule has 0 saturated carbocycles. The number of aromatic amines is 2. The molecule has 2 aromatic heterocycles. The Bertz CT molecular complexity index is 260. The Kier molecular flexibility index (Phi) is 4.70. The molecule has 0 atom stereocenters. The van der Waals surface area contributed by atoms with Crippen molar-refractivity contribution in [1.29, 1.82) is 0 Å². The summed E-state index contributed by atoms with van der Waals surface area (Å²) in [4.78, 5) is 2.86. The van der Waals surface area contributed by atoms with Crippen LogP contribution in [-0.2, 0) is 0 Å². The summed E-state index contributed by atoms with van der Waals surface area (Å²) in [5, 5.41) is 13.9. The van der Waals surface area contributed by atoms with Gasteiger partial charge in [-0.1, -0.05) is 18.7 Å². The summed E-state index contributed by atoms with van der Waals surface area (Å²) in [5.41, 5.74) is 0. The molecule has 13 heavy (non-hydrogen) atoms. The van der Waals surface area contributed by atoms with Crippen molar-refractivity contribution in [3.63, 3.8) is 0 Å². The molecular formula is C7H11N5S. The van der Waals surface area contributed by atoms with Gasteiger partial charge in [-0.25, -0.2) is 5.10 Å². The van der Waals surface area contributed by atoms with Crippen LogP contribution in [0, 0.1) is 0 Å². The molecule has 0 aliphatic heterocycles. The van der Waals surface area contributed by atoms with E-state index in [4.69, 9.17) is 0 Å². The van der Waals surface area contributed by atoms with Gasteiger partial charge in [0.2, 0.25) is 5.16 Å². The van der Waals surface area contributed by atoms with E-state index in [1.54, 1.807) is 11.8 Å². The molecule has 0 radical (unpaired) electrons. The van der Waals surface area contributed by atoms with Gasteiger partial charge in [0.25, 0.3) is 0 Å². The Morgan fingerprint density at radius 2 is 2.15 bits per heavy atom. The maximum atomic E-state index is 3.65. The highest BCUT2D eigenvalue weighted by molar-refractivity contribution is 7.99. The average molecular weight is 197 g/mol. The van der Waals surface area contributed by atoms with E-state index < -0.39 is 0 Å². The molecule has 70 valence electrons. The maximum absolute atomic E-state index is 3.65. The number of nitrogens with zero attached hydrogens (tertiary/aromatic N) is 3. The van der Waals surface area contributed by atoms with E-state index in [0.29, 0.717) is 0 Å². The fourth-order valence-corrected chi connectivity index (χ4v) is 1.10. The average Bonchev–Trinajstić information content (AvgIpc) is 2.79. The van der Waals surface area contributed by atoms with Crippen LogP contribution < -0.4 is 0 Å². The summed E-state index contributed by atoms with van der Waals surface area (Å²) in [6.45, 7) is 2.05. The van der Waals surface area contributed by atoms with Gasteiger partial charge in [0, 0.05) is 12.4 Å². The summed E-state index contributed by atoms with van der Waals surface area (Å²) in [7, 11) is 0. The van der Waals surface area contributed by atoms with Crippen molar-refractivity contribution >= 4 is 11.8 Å². The van der Waals surface area contributed by atoms with Gasteiger partial charge in [0.15, 0.2) is 0 Å². The van der Waals surface area contributed by atoms with Crippen LogP contribution in [0.4, 0.5) is 0 Å². The van der Waals surface area contributed by atoms with Gasteiger partial charge in [0.05, 0.1) is 0 Å². The molecule has 0 aromatic carbocycles. The highest BCUT2D eigenvalue weighted by atomic mass is 32.2. The summed E-state index contributed by atoms with van der Waals surface area (Å²) in [6.07, 6.45) is 3.75. The molecule has 0 unspecified atom stereocenters. The number of hydrogen-bond donors (Lipinski definition) is 2. The zero-order valence-electron chi connectivity index (χ0n) is 7.27. The van der Waals surface area contributed by atoms with Crippen LogP contribution in [0.15, 0.2) is 29.7 Å². The maximum Gasteiger partial charge on any atom is 0.206 e. The van der Waals surface area contributed by atoms with E-state index in [2.05, 4.69) is 25.6 Å². The number of H-pyrrole nitrogens is 2. The number of nitrogens with one attached hydrogen (secondary N) is 2. The molecule has 0 bridgehead atoms. The lowest BCUT2D eigenvalue weighted by molar-refractivity contribution is 0.881. The van der Waals surface area contributed by atoms with E-state index in [-0.39, 0.29) is 0 Å². The summed E-state index contributed by atoms with van der Waals surface area (Å²) in [6, 6.07) is 3.89. The van der Waals surface area contributed by atoms with Crippen molar-refractivity contribution in [3.05, 3.63) is 24.5 Å². The van der Waals surface area contributed by atoms with Crippen molar-refractivity contribution in [2.75, 3.05) is 5.75 Å². The third-order valence-electron chi connectivity index (χ3n) is 1.10. The van der Waals surface area contributed by atoms with Crippen molar-refractivity contribution in [1.82, 2.24) is 25.6 Å². The first kappa shape index (κ1) is 9.79. The molecule has 0 spiro atoms. The lowest BCUT2D eigenvalue weighted by Crippen LogP contribution is -1.73. The fraction of sp³-hybridized carbons (Fsp3) is 0.286. The van der Waals surface area contributed by atoms with Gasteiger partial charge in [-0.2, -0.15) is 0 Å². The molecule has 2 N–H and O–H groups in total. The van der Waals surface area contributed by atoms with Gasteiger partial charge < -0.3 is 4.98 Å². The van der Waals surface area contributed by atoms with Crippen LogP contribution in [0.3, 0.4) is 0 Å². The number of aromatic nitrogens is 5. The van der Waals surface area contributed by atoms with Crippen LogP contribution in [0.5, 0.6) is 0 Å². The first-order valence-electron chi connectivity index (χ1n) is 3.87. The van der Waals surface area contributed by atoms with Gasteiger partial charge >= 0.3 is 0 Å². The Morgan fingerprint density at radius 1 is 1.38 bits per heavy atom. The summed E-state index contributed by atoms with van der Waals surface area (Å²) >= 11 is 1.59.